The van der Waals surface area contributed by atoms with E-state index >= 15 is 0 Å². The Hall–Kier alpha value is -4.20. The molecule has 1 amide bonds. The Morgan fingerprint density at radius 2 is 1.75 bits per heavy atom. The van der Waals surface area contributed by atoms with Gasteiger partial charge in [-0.1, -0.05) is 29.4 Å². The third kappa shape index (κ3) is 4.75. The number of anilines is 1. The number of benzene rings is 3. The first-order valence-corrected chi connectivity index (χ1v) is 9.76. The van der Waals surface area contributed by atoms with Gasteiger partial charge in [-0.15, -0.1) is 0 Å². The Morgan fingerprint density at radius 1 is 0.969 bits per heavy atom. The van der Waals surface area contributed by atoms with Crippen molar-refractivity contribution in [1.29, 1.82) is 0 Å². The van der Waals surface area contributed by atoms with Crippen molar-refractivity contribution >= 4 is 11.6 Å². The van der Waals surface area contributed by atoms with Gasteiger partial charge in [0.1, 0.15) is 5.82 Å². The van der Waals surface area contributed by atoms with Crippen molar-refractivity contribution in [2.24, 2.45) is 0 Å². The van der Waals surface area contributed by atoms with E-state index in [9.17, 15) is 9.18 Å². The summed E-state index contributed by atoms with van der Waals surface area (Å²) in [4.78, 5) is 16.8. The summed E-state index contributed by atoms with van der Waals surface area (Å²) in [7, 11) is 3.12. The standard InChI is InChI=1S/C24H20FN3O4/c1-30-20-11-8-17(14-21(20)31-2)24-27-23(28-32-24)16-4-3-5-19(13-16)26-22(29)12-15-6-9-18(25)10-7-15/h3-11,13-14H,12H2,1-2H3,(H,26,29). The van der Waals surface area contributed by atoms with Crippen molar-refractivity contribution in [3.05, 3.63) is 78.1 Å². The molecule has 3 aromatic carbocycles. The topological polar surface area (TPSA) is 86.5 Å². The summed E-state index contributed by atoms with van der Waals surface area (Å²) in [5.41, 5.74) is 2.68. The predicted octanol–water partition coefficient (Wildman–Crippen LogP) is 4.74. The minimum absolute atomic E-state index is 0.135. The van der Waals surface area contributed by atoms with Crippen molar-refractivity contribution in [3.63, 3.8) is 0 Å². The minimum Gasteiger partial charge on any atom is -0.493 e. The number of nitrogens with one attached hydrogen (secondary N) is 1. The second-order valence-corrected chi connectivity index (χ2v) is 6.93. The van der Waals surface area contributed by atoms with Gasteiger partial charge in [0.15, 0.2) is 11.5 Å². The van der Waals surface area contributed by atoms with Gasteiger partial charge in [0, 0.05) is 16.8 Å². The minimum atomic E-state index is -0.338. The van der Waals surface area contributed by atoms with Crippen LogP contribution in [0.15, 0.2) is 71.3 Å². The molecule has 162 valence electrons. The zero-order chi connectivity index (χ0) is 22.5. The molecule has 0 aliphatic carbocycles. The summed E-state index contributed by atoms with van der Waals surface area (Å²) in [6.07, 6.45) is 0.135. The maximum absolute atomic E-state index is 13.0. The number of hydrogen-bond acceptors (Lipinski definition) is 6. The number of carbonyl (C=O) groups is 1. The average molecular weight is 433 g/mol. The fourth-order valence-corrected chi connectivity index (χ4v) is 3.16. The molecule has 7 nitrogen and oxygen atoms in total. The third-order valence-corrected chi connectivity index (χ3v) is 4.74. The number of halogens is 1. The van der Waals surface area contributed by atoms with Gasteiger partial charge in [0.25, 0.3) is 5.89 Å². The molecule has 0 spiro atoms. The van der Waals surface area contributed by atoms with Crippen LogP contribution in [0, 0.1) is 5.82 Å². The first kappa shape index (κ1) is 21.0. The molecule has 32 heavy (non-hydrogen) atoms. The first-order chi connectivity index (χ1) is 15.6. The second-order valence-electron chi connectivity index (χ2n) is 6.93. The van der Waals surface area contributed by atoms with Crippen LogP contribution in [-0.2, 0) is 11.2 Å². The van der Waals surface area contributed by atoms with E-state index < -0.39 is 0 Å². The van der Waals surface area contributed by atoms with Crippen molar-refractivity contribution in [2.45, 2.75) is 6.42 Å². The monoisotopic (exact) mass is 433 g/mol. The quantitative estimate of drug-likeness (QED) is 0.453. The Labute approximate surface area is 183 Å². The Morgan fingerprint density at radius 3 is 2.50 bits per heavy atom. The van der Waals surface area contributed by atoms with Crippen LogP contribution >= 0.6 is 0 Å². The van der Waals surface area contributed by atoms with Crippen LogP contribution < -0.4 is 14.8 Å². The summed E-state index contributed by atoms with van der Waals surface area (Å²) < 4.78 is 29.0. The Kier molecular flexibility index (Phi) is 6.12. The van der Waals surface area contributed by atoms with E-state index in [4.69, 9.17) is 14.0 Å². The number of rotatable bonds is 7. The molecule has 1 N–H and O–H groups in total. The average Bonchev–Trinajstić information content (AvgIpc) is 3.30. The number of methoxy groups -OCH3 is 2. The van der Waals surface area contributed by atoms with Crippen LogP contribution in [0.2, 0.25) is 0 Å². The van der Waals surface area contributed by atoms with Gasteiger partial charge in [0.05, 0.1) is 20.6 Å². The molecular formula is C24H20FN3O4. The fourth-order valence-electron chi connectivity index (χ4n) is 3.16. The van der Waals surface area contributed by atoms with Crippen molar-refractivity contribution in [3.8, 4) is 34.3 Å². The van der Waals surface area contributed by atoms with Gasteiger partial charge >= 0.3 is 0 Å². The molecule has 0 saturated carbocycles. The van der Waals surface area contributed by atoms with Crippen LogP contribution in [0.1, 0.15) is 5.56 Å². The second kappa shape index (κ2) is 9.30. The maximum atomic E-state index is 13.0. The molecule has 0 aliphatic heterocycles. The number of ether oxygens (including phenoxy) is 2. The molecule has 8 heteroatoms. The number of aromatic nitrogens is 2. The molecule has 4 aromatic rings. The van der Waals surface area contributed by atoms with Crippen molar-refractivity contribution in [2.75, 3.05) is 19.5 Å². The molecule has 0 bridgehead atoms. The van der Waals surface area contributed by atoms with Crippen molar-refractivity contribution in [1.82, 2.24) is 10.1 Å². The van der Waals surface area contributed by atoms with E-state index in [1.54, 1.807) is 62.8 Å². The smallest absolute Gasteiger partial charge is 0.258 e. The summed E-state index contributed by atoms with van der Waals surface area (Å²) in [6, 6.07) is 18.3. The molecule has 1 aromatic heterocycles. The van der Waals surface area contributed by atoms with Crippen LogP contribution in [0.4, 0.5) is 10.1 Å². The van der Waals surface area contributed by atoms with Gasteiger partial charge in [-0.05, 0) is 48.0 Å². The van der Waals surface area contributed by atoms with Gasteiger partial charge in [-0.25, -0.2) is 4.39 Å². The van der Waals surface area contributed by atoms with Crippen molar-refractivity contribution < 1.29 is 23.2 Å². The van der Waals surface area contributed by atoms with E-state index in [1.807, 2.05) is 6.07 Å². The first-order valence-electron chi connectivity index (χ1n) is 9.76. The van der Waals surface area contributed by atoms with Crippen LogP contribution in [0.3, 0.4) is 0 Å². The summed E-state index contributed by atoms with van der Waals surface area (Å²) >= 11 is 0. The lowest BCUT2D eigenvalue weighted by molar-refractivity contribution is -0.115. The molecule has 0 unspecified atom stereocenters. The number of hydrogen-bond donors (Lipinski definition) is 1. The molecular weight excluding hydrogens is 413 g/mol. The zero-order valence-electron chi connectivity index (χ0n) is 17.5. The van der Waals surface area contributed by atoms with Crippen LogP contribution in [0.5, 0.6) is 11.5 Å². The molecule has 4 rings (SSSR count). The Bertz CT molecular complexity index is 1240. The molecule has 0 saturated heterocycles. The van der Waals surface area contributed by atoms with E-state index in [-0.39, 0.29) is 18.1 Å². The van der Waals surface area contributed by atoms with Gasteiger partial charge in [-0.2, -0.15) is 4.98 Å². The lowest BCUT2D eigenvalue weighted by atomic mass is 10.1. The Balaban J connectivity index is 1.50. The van der Waals surface area contributed by atoms with E-state index in [2.05, 4.69) is 15.5 Å². The lowest BCUT2D eigenvalue weighted by Gasteiger charge is -2.07. The number of carbonyl (C=O) groups excluding carboxylic acids is 1. The van der Waals surface area contributed by atoms with Gasteiger partial charge in [-0.3, -0.25) is 4.79 Å². The molecule has 0 atom stereocenters. The number of amides is 1. The van der Waals surface area contributed by atoms with E-state index in [1.165, 1.54) is 12.1 Å². The van der Waals surface area contributed by atoms with Crippen LogP contribution in [0.25, 0.3) is 22.8 Å². The van der Waals surface area contributed by atoms with E-state index in [0.717, 1.165) is 5.56 Å². The predicted molar refractivity (Wildman–Crippen MR) is 117 cm³/mol. The zero-order valence-corrected chi connectivity index (χ0v) is 17.5. The lowest BCUT2D eigenvalue weighted by Crippen LogP contribution is -2.14. The SMILES string of the molecule is COc1ccc(-c2nc(-c3cccc(NC(=O)Cc4ccc(F)cc4)c3)no2)cc1OC. The van der Waals surface area contributed by atoms with Gasteiger partial charge in [0.2, 0.25) is 11.7 Å². The normalized spacial score (nSPS) is 10.6. The fraction of sp³-hybridized carbons (Fsp3) is 0.125. The summed E-state index contributed by atoms with van der Waals surface area (Å²) in [5.74, 6) is 1.30. The molecule has 0 fully saturated rings. The molecule has 1 heterocycles. The van der Waals surface area contributed by atoms with Gasteiger partial charge < -0.3 is 19.3 Å². The summed E-state index contributed by atoms with van der Waals surface area (Å²) in [6.45, 7) is 0. The highest BCUT2D eigenvalue weighted by molar-refractivity contribution is 5.92. The van der Waals surface area contributed by atoms with Crippen LogP contribution in [-0.4, -0.2) is 30.3 Å². The highest BCUT2D eigenvalue weighted by Gasteiger charge is 2.14. The third-order valence-electron chi connectivity index (χ3n) is 4.74. The maximum Gasteiger partial charge on any atom is 0.258 e. The number of nitrogens with zero attached hydrogens (tertiary/aromatic N) is 2. The van der Waals surface area contributed by atoms with E-state index in [0.29, 0.717) is 40.0 Å². The highest BCUT2D eigenvalue weighted by atomic mass is 19.1. The summed E-state index contributed by atoms with van der Waals surface area (Å²) in [5, 5.41) is 6.88. The molecule has 0 radical (unpaired) electrons. The largest absolute Gasteiger partial charge is 0.493 e. The highest BCUT2D eigenvalue weighted by Crippen LogP contribution is 2.32. The molecule has 0 aliphatic rings.